The van der Waals surface area contributed by atoms with E-state index in [2.05, 4.69) is 15.5 Å². The summed E-state index contributed by atoms with van der Waals surface area (Å²) in [4.78, 5) is 23.2. The van der Waals surface area contributed by atoms with E-state index >= 15 is 0 Å². The minimum absolute atomic E-state index is 0.104. The number of thioether (sulfide) groups is 1. The first-order chi connectivity index (χ1) is 11.4. The van der Waals surface area contributed by atoms with Crippen LogP contribution in [0.1, 0.15) is 24.7 Å². The predicted octanol–water partition coefficient (Wildman–Crippen LogP) is 1.66. The highest BCUT2D eigenvalue weighted by Crippen LogP contribution is 2.23. The molecule has 1 aromatic heterocycles. The second kappa shape index (κ2) is 7.96. The molecule has 2 aromatic rings. The van der Waals surface area contributed by atoms with E-state index in [9.17, 15) is 9.59 Å². The lowest BCUT2D eigenvalue weighted by Gasteiger charge is -2.12. The van der Waals surface area contributed by atoms with E-state index in [0.717, 1.165) is 11.3 Å². The Hall–Kier alpha value is -2.35. The molecule has 1 aromatic carbocycles. The van der Waals surface area contributed by atoms with Gasteiger partial charge in [-0.05, 0) is 31.5 Å². The average Bonchev–Trinajstić information content (AvgIpc) is 2.85. The number of carbonyl (C=O) groups excluding carboxylic acids is 2. The quantitative estimate of drug-likeness (QED) is 0.742. The summed E-state index contributed by atoms with van der Waals surface area (Å²) in [5.74, 6) is 0.188. The zero-order valence-corrected chi connectivity index (χ0v) is 14.8. The van der Waals surface area contributed by atoms with Crippen LogP contribution in [-0.2, 0) is 23.1 Å². The normalized spacial score (nSPS) is 12.0. The largest absolute Gasteiger partial charge is 0.370 e. The molecular weight excluding hydrogens is 326 g/mol. The van der Waals surface area contributed by atoms with Gasteiger partial charge in [0.1, 0.15) is 5.82 Å². The van der Waals surface area contributed by atoms with E-state index in [-0.39, 0.29) is 23.5 Å². The lowest BCUT2D eigenvalue weighted by atomic mass is 10.2. The molecule has 8 heteroatoms. The van der Waals surface area contributed by atoms with Crippen LogP contribution in [0.5, 0.6) is 0 Å². The van der Waals surface area contributed by atoms with Gasteiger partial charge >= 0.3 is 0 Å². The van der Waals surface area contributed by atoms with Gasteiger partial charge in [-0.15, -0.1) is 10.2 Å². The third-order valence-corrected chi connectivity index (χ3v) is 4.59. The maximum absolute atomic E-state index is 12.3. The molecule has 0 aliphatic heterocycles. The number of benzene rings is 1. The Balaban J connectivity index is 1.97. The van der Waals surface area contributed by atoms with Crippen molar-refractivity contribution in [2.24, 2.45) is 12.8 Å². The first kappa shape index (κ1) is 18.0. The summed E-state index contributed by atoms with van der Waals surface area (Å²) in [7, 11) is 1.81. The highest BCUT2D eigenvalue weighted by atomic mass is 32.2. The molecule has 0 fully saturated rings. The number of nitrogens with one attached hydrogen (secondary N) is 1. The number of anilines is 1. The molecule has 0 unspecified atom stereocenters. The van der Waals surface area contributed by atoms with Gasteiger partial charge in [0.2, 0.25) is 11.8 Å². The molecule has 0 spiro atoms. The molecule has 0 saturated heterocycles. The molecule has 2 amide bonds. The third kappa shape index (κ3) is 4.82. The smallest absolute Gasteiger partial charge is 0.237 e. The minimum Gasteiger partial charge on any atom is -0.370 e. The zero-order chi connectivity index (χ0) is 17.7. The van der Waals surface area contributed by atoms with Gasteiger partial charge in [0.25, 0.3) is 0 Å². The van der Waals surface area contributed by atoms with Gasteiger partial charge in [-0.3, -0.25) is 9.59 Å². The van der Waals surface area contributed by atoms with Crippen molar-refractivity contribution in [2.45, 2.75) is 37.1 Å². The van der Waals surface area contributed by atoms with Gasteiger partial charge in [0, 0.05) is 25.6 Å². The van der Waals surface area contributed by atoms with Crippen molar-refractivity contribution in [3.8, 4) is 0 Å². The Bertz CT molecular complexity index is 744. The Morgan fingerprint density at radius 3 is 2.79 bits per heavy atom. The van der Waals surface area contributed by atoms with Crippen LogP contribution in [0.3, 0.4) is 0 Å². The number of nitrogens with two attached hydrogens (primary N) is 1. The summed E-state index contributed by atoms with van der Waals surface area (Å²) < 4.78 is 1.78. The number of carbonyl (C=O) groups is 2. The number of hydrogen-bond donors (Lipinski definition) is 2. The Kier molecular flexibility index (Phi) is 5.97. The van der Waals surface area contributed by atoms with E-state index in [0.29, 0.717) is 17.4 Å². The van der Waals surface area contributed by atoms with Crippen LogP contribution >= 0.6 is 11.8 Å². The molecule has 1 atom stereocenters. The minimum atomic E-state index is -0.377. The van der Waals surface area contributed by atoms with E-state index in [1.165, 1.54) is 11.8 Å². The first-order valence-corrected chi connectivity index (χ1v) is 8.45. The van der Waals surface area contributed by atoms with E-state index < -0.39 is 0 Å². The van der Waals surface area contributed by atoms with Crippen LogP contribution in [-0.4, -0.2) is 31.8 Å². The summed E-state index contributed by atoms with van der Waals surface area (Å²) in [6, 6.07) is 7.64. The molecular formula is C16H21N5O2S. The van der Waals surface area contributed by atoms with Crippen molar-refractivity contribution >= 4 is 29.3 Å². The molecule has 0 aliphatic rings. The lowest BCUT2D eigenvalue weighted by molar-refractivity contribution is -0.118. The highest BCUT2D eigenvalue weighted by Gasteiger charge is 2.19. The molecule has 0 aliphatic carbocycles. The number of aromatic nitrogens is 3. The predicted molar refractivity (Wildman–Crippen MR) is 93.6 cm³/mol. The number of nitrogens with zero attached hydrogens (tertiary/aromatic N) is 3. The van der Waals surface area contributed by atoms with Crippen molar-refractivity contribution in [2.75, 3.05) is 5.32 Å². The number of rotatable bonds is 7. The van der Waals surface area contributed by atoms with Gasteiger partial charge in [0.15, 0.2) is 5.16 Å². The van der Waals surface area contributed by atoms with Crippen LogP contribution in [0.15, 0.2) is 29.4 Å². The first-order valence-electron chi connectivity index (χ1n) is 7.57. The summed E-state index contributed by atoms with van der Waals surface area (Å²) in [6.07, 6.45) is 0.656. The van der Waals surface area contributed by atoms with Gasteiger partial charge < -0.3 is 15.6 Å². The maximum atomic E-state index is 12.3. The maximum Gasteiger partial charge on any atom is 0.237 e. The summed E-state index contributed by atoms with van der Waals surface area (Å²) in [5.41, 5.74) is 7.00. The van der Waals surface area contributed by atoms with Crippen molar-refractivity contribution in [3.05, 3.63) is 35.7 Å². The van der Waals surface area contributed by atoms with Crippen molar-refractivity contribution < 1.29 is 9.59 Å². The van der Waals surface area contributed by atoms with Gasteiger partial charge in [-0.2, -0.15) is 0 Å². The summed E-state index contributed by atoms with van der Waals surface area (Å²) in [6.45, 7) is 3.79. The Morgan fingerprint density at radius 1 is 1.38 bits per heavy atom. The molecule has 2 rings (SSSR count). The Labute approximate surface area is 145 Å². The van der Waals surface area contributed by atoms with Crippen molar-refractivity contribution in [3.63, 3.8) is 0 Å². The second-order valence-corrected chi connectivity index (χ2v) is 6.85. The monoisotopic (exact) mass is 347 g/mol. The fourth-order valence-corrected chi connectivity index (χ4v) is 2.91. The fraction of sp³-hybridized carbons (Fsp3) is 0.375. The lowest BCUT2D eigenvalue weighted by Crippen LogP contribution is -2.22. The van der Waals surface area contributed by atoms with Crippen LogP contribution < -0.4 is 11.1 Å². The second-order valence-electron chi connectivity index (χ2n) is 5.54. The van der Waals surface area contributed by atoms with Crippen LogP contribution in [0.4, 0.5) is 5.69 Å². The highest BCUT2D eigenvalue weighted by molar-refractivity contribution is 8.00. The fourth-order valence-electron chi connectivity index (χ4n) is 2.08. The molecule has 0 radical (unpaired) electrons. The molecule has 1 heterocycles. The molecule has 24 heavy (non-hydrogen) atoms. The van der Waals surface area contributed by atoms with Crippen LogP contribution in [0.25, 0.3) is 0 Å². The third-order valence-electron chi connectivity index (χ3n) is 3.46. The molecule has 0 bridgehead atoms. The SMILES string of the molecule is Cc1cccc(NC(=O)[C@H](C)Sc2nnc(CCC(N)=O)n2C)c1. The number of amides is 2. The van der Waals surface area contributed by atoms with Crippen molar-refractivity contribution in [1.82, 2.24) is 14.8 Å². The summed E-state index contributed by atoms with van der Waals surface area (Å²) in [5, 5.41) is 11.3. The standard InChI is InChI=1S/C16H21N5O2S/c1-10-5-4-6-12(9-10)18-15(23)11(2)24-16-20-19-14(21(16)3)8-7-13(17)22/h4-6,9,11H,7-8H2,1-3H3,(H2,17,22)(H,18,23)/t11-/m0/s1. The Morgan fingerprint density at radius 2 is 2.12 bits per heavy atom. The molecule has 3 N–H and O–H groups in total. The van der Waals surface area contributed by atoms with Crippen LogP contribution in [0.2, 0.25) is 0 Å². The van der Waals surface area contributed by atoms with E-state index in [1.807, 2.05) is 45.2 Å². The molecule has 7 nitrogen and oxygen atoms in total. The topological polar surface area (TPSA) is 103 Å². The summed E-state index contributed by atoms with van der Waals surface area (Å²) >= 11 is 1.32. The van der Waals surface area contributed by atoms with E-state index in [4.69, 9.17) is 5.73 Å². The van der Waals surface area contributed by atoms with Gasteiger partial charge in [-0.1, -0.05) is 23.9 Å². The number of aryl methyl sites for hydroxylation is 2. The molecule has 128 valence electrons. The zero-order valence-electron chi connectivity index (χ0n) is 13.9. The van der Waals surface area contributed by atoms with Gasteiger partial charge in [-0.25, -0.2) is 0 Å². The molecule has 0 saturated carbocycles. The van der Waals surface area contributed by atoms with Crippen molar-refractivity contribution in [1.29, 1.82) is 0 Å². The number of primary amides is 1. The van der Waals surface area contributed by atoms with Gasteiger partial charge in [0.05, 0.1) is 5.25 Å². The number of hydrogen-bond acceptors (Lipinski definition) is 5. The van der Waals surface area contributed by atoms with Crippen LogP contribution in [0, 0.1) is 6.92 Å². The van der Waals surface area contributed by atoms with E-state index in [1.54, 1.807) is 4.57 Å². The average molecular weight is 347 g/mol.